The lowest BCUT2D eigenvalue weighted by atomic mass is 10.1. The van der Waals surface area contributed by atoms with Crippen molar-refractivity contribution in [3.05, 3.63) is 12.2 Å². The zero-order chi connectivity index (χ0) is 19.8. The third-order valence-electron chi connectivity index (χ3n) is 5.34. The van der Waals surface area contributed by atoms with E-state index in [4.69, 9.17) is 11.5 Å². The van der Waals surface area contributed by atoms with Crippen molar-refractivity contribution >= 4 is 0 Å². The van der Waals surface area contributed by atoms with E-state index >= 15 is 0 Å². The van der Waals surface area contributed by atoms with E-state index in [9.17, 15) is 0 Å². The summed E-state index contributed by atoms with van der Waals surface area (Å²) >= 11 is 0. The van der Waals surface area contributed by atoms with Crippen LogP contribution in [0.4, 0.5) is 0 Å². The molecule has 162 valence electrons. The van der Waals surface area contributed by atoms with Gasteiger partial charge in [0.25, 0.3) is 0 Å². The van der Waals surface area contributed by atoms with Crippen LogP contribution in [0.2, 0.25) is 0 Å². The molecule has 0 amide bonds. The van der Waals surface area contributed by atoms with Crippen molar-refractivity contribution in [2.75, 3.05) is 32.7 Å². The second-order valence-electron chi connectivity index (χ2n) is 8.06. The molecule has 0 fully saturated rings. The molecule has 0 aliphatic rings. The molecule has 0 saturated carbocycles. The van der Waals surface area contributed by atoms with Gasteiger partial charge in [0.1, 0.15) is 0 Å². The molecule has 0 aliphatic carbocycles. The highest BCUT2D eigenvalue weighted by molar-refractivity contribution is 4.81. The second kappa shape index (κ2) is 23.7. The standard InChI is InChI=1S/C24H51N3/c1-2-3-4-5-6-7-8-9-10-11-12-13-14-15-16-17-22-27(23-18-20-25)24-19-21-26/h9-10H,2-8,11-26H2,1H3/b10-9-. The third kappa shape index (κ3) is 21.8. The van der Waals surface area contributed by atoms with Gasteiger partial charge in [-0.05, 0) is 77.7 Å². The summed E-state index contributed by atoms with van der Waals surface area (Å²) in [5.41, 5.74) is 11.3. The fraction of sp³-hybridized carbons (Fsp3) is 0.917. The Morgan fingerprint density at radius 2 is 0.926 bits per heavy atom. The van der Waals surface area contributed by atoms with Gasteiger partial charge in [0.15, 0.2) is 0 Å². The second-order valence-corrected chi connectivity index (χ2v) is 8.06. The molecule has 27 heavy (non-hydrogen) atoms. The molecule has 3 heteroatoms. The normalized spacial score (nSPS) is 11.9. The van der Waals surface area contributed by atoms with Gasteiger partial charge in [0, 0.05) is 0 Å². The molecule has 0 rings (SSSR count). The maximum Gasteiger partial charge on any atom is -0.000671 e. The molecular weight excluding hydrogens is 330 g/mol. The number of nitrogens with two attached hydrogens (primary N) is 2. The minimum Gasteiger partial charge on any atom is -0.330 e. The van der Waals surface area contributed by atoms with E-state index in [1.165, 1.54) is 96.4 Å². The van der Waals surface area contributed by atoms with Crippen LogP contribution in [0.1, 0.15) is 110 Å². The van der Waals surface area contributed by atoms with Gasteiger partial charge in [-0.1, -0.05) is 76.9 Å². The van der Waals surface area contributed by atoms with Crippen molar-refractivity contribution in [1.29, 1.82) is 0 Å². The van der Waals surface area contributed by atoms with Crippen LogP contribution < -0.4 is 11.5 Å². The van der Waals surface area contributed by atoms with Gasteiger partial charge in [-0.2, -0.15) is 0 Å². The lowest BCUT2D eigenvalue weighted by molar-refractivity contribution is 0.263. The molecule has 0 bridgehead atoms. The Balaban J connectivity index is 3.34. The predicted octanol–water partition coefficient (Wildman–Crippen LogP) is 6.02. The Kier molecular flexibility index (Phi) is 23.3. The monoisotopic (exact) mass is 381 g/mol. The van der Waals surface area contributed by atoms with Crippen molar-refractivity contribution in [1.82, 2.24) is 4.90 Å². The van der Waals surface area contributed by atoms with Crippen LogP contribution in [0.15, 0.2) is 12.2 Å². The topological polar surface area (TPSA) is 55.3 Å². The van der Waals surface area contributed by atoms with Gasteiger partial charge in [0.2, 0.25) is 0 Å². The van der Waals surface area contributed by atoms with Gasteiger partial charge >= 0.3 is 0 Å². The Morgan fingerprint density at radius 1 is 0.519 bits per heavy atom. The van der Waals surface area contributed by atoms with E-state index in [2.05, 4.69) is 24.0 Å². The van der Waals surface area contributed by atoms with Crippen LogP contribution >= 0.6 is 0 Å². The molecule has 0 aromatic rings. The molecule has 0 saturated heterocycles. The molecule has 0 atom stereocenters. The highest BCUT2D eigenvalue weighted by Crippen LogP contribution is 2.10. The van der Waals surface area contributed by atoms with E-state index in [1.807, 2.05) is 0 Å². The van der Waals surface area contributed by atoms with E-state index in [0.29, 0.717) is 0 Å². The van der Waals surface area contributed by atoms with Crippen molar-refractivity contribution < 1.29 is 0 Å². The van der Waals surface area contributed by atoms with Crippen LogP contribution in [-0.2, 0) is 0 Å². The lowest BCUT2D eigenvalue weighted by Crippen LogP contribution is -2.29. The molecule has 0 aromatic carbocycles. The Labute approximate surface area is 171 Å². The number of nitrogens with zero attached hydrogens (tertiary/aromatic N) is 1. The maximum atomic E-state index is 5.64. The number of allylic oxidation sites excluding steroid dienone is 2. The molecule has 0 heterocycles. The molecule has 0 unspecified atom stereocenters. The van der Waals surface area contributed by atoms with Gasteiger partial charge in [0.05, 0.1) is 0 Å². The van der Waals surface area contributed by atoms with Crippen molar-refractivity contribution in [2.24, 2.45) is 11.5 Å². The maximum absolute atomic E-state index is 5.64. The highest BCUT2D eigenvalue weighted by atomic mass is 15.1. The lowest BCUT2D eigenvalue weighted by Gasteiger charge is -2.21. The summed E-state index contributed by atoms with van der Waals surface area (Å²) in [5, 5.41) is 0. The van der Waals surface area contributed by atoms with Crippen LogP contribution in [0.3, 0.4) is 0 Å². The van der Waals surface area contributed by atoms with E-state index in [-0.39, 0.29) is 0 Å². The van der Waals surface area contributed by atoms with E-state index < -0.39 is 0 Å². The van der Waals surface area contributed by atoms with E-state index in [0.717, 1.165) is 39.0 Å². The SMILES string of the molecule is CCCCCCCC/C=C\CCCCCCCCN(CCCN)CCCN. The largest absolute Gasteiger partial charge is 0.330 e. The van der Waals surface area contributed by atoms with Crippen molar-refractivity contribution in [3.63, 3.8) is 0 Å². The minimum atomic E-state index is 0.798. The zero-order valence-corrected chi connectivity index (χ0v) is 18.6. The first-order chi connectivity index (χ1) is 13.3. The first kappa shape index (κ1) is 26.6. The molecule has 4 N–H and O–H groups in total. The summed E-state index contributed by atoms with van der Waals surface area (Å²) in [6, 6.07) is 0. The van der Waals surface area contributed by atoms with Crippen LogP contribution in [0.25, 0.3) is 0 Å². The number of hydrogen-bond donors (Lipinski definition) is 2. The Hall–Kier alpha value is -0.380. The molecule has 0 radical (unpaired) electrons. The van der Waals surface area contributed by atoms with Crippen LogP contribution in [-0.4, -0.2) is 37.6 Å². The third-order valence-corrected chi connectivity index (χ3v) is 5.34. The first-order valence-electron chi connectivity index (χ1n) is 12.1. The molecule has 0 aromatic heterocycles. The van der Waals surface area contributed by atoms with Crippen LogP contribution in [0, 0.1) is 0 Å². The highest BCUT2D eigenvalue weighted by Gasteiger charge is 2.03. The summed E-state index contributed by atoms with van der Waals surface area (Å²) in [4.78, 5) is 2.55. The van der Waals surface area contributed by atoms with Gasteiger partial charge in [-0.3, -0.25) is 0 Å². The summed E-state index contributed by atoms with van der Waals surface area (Å²) in [7, 11) is 0. The predicted molar refractivity (Wildman–Crippen MR) is 123 cm³/mol. The summed E-state index contributed by atoms with van der Waals surface area (Å²) < 4.78 is 0. The van der Waals surface area contributed by atoms with Crippen molar-refractivity contribution in [2.45, 2.75) is 110 Å². The number of rotatable bonds is 22. The number of unbranched alkanes of at least 4 members (excludes halogenated alkanes) is 12. The fourth-order valence-electron chi connectivity index (χ4n) is 3.55. The smallest absolute Gasteiger partial charge is 0.000671 e. The molecule has 3 nitrogen and oxygen atoms in total. The summed E-state index contributed by atoms with van der Waals surface area (Å²) in [6.07, 6.45) is 26.3. The van der Waals surface area contributed by atoms with Crippen LogP contribution in [0.5, 0.6) is 0 Å². The minimum absolute atomic E-state index is 0.798. The summed E-state index contributed by atoms with van der Waals surface area (Å²) in [6.45, 7) is 7.38. The number of hydrogen-bond acceptors (Lipinski definition) is 3. The van der Waals surface area contributed by atoms with E-state index in [1.54, 1.807) is 0 Å². The average molecular weight is 382 g/mol. The first-order valence-corrected chi connectivity index (χ1v) is 12.1. The fourth-order valence-corrected chi connectivity index (χ4v) is 3.55. The molecular formula is C24H51N3. The zero-order valence-electron chi connectivity index (χ0n) is 18.6. The Morgan fingerprint density at radius 3 is 1.41 bits per heavy atom. The Bertz CT molecular complexity index is 283. The van der Waals surface area contributed by atoms with Crippen molar-refractivity contribution in [3.8, 4) is 0 Å². The molecule has 0 aliphatic heterocycles. The summed E-state index contributed by atoms with van der Waals surface area (Å²) in [5.74, 6) is 0. The van der Waals surface area contributed by atoms with Gasteiger partial charge < -0.3 is 16.4 Å². The van der Waals surface area contributed by atoms with Gasteiger partial charge in [-0.15, -0.1) is 0 Å². The molecule has 0 spiro atoms. The quantitative estimate of drug-likeness (QED) is 0.178. The van der Waals surface area contributed by atoms with Gasteiger partial charge in [-0.25, -0.2) is 0 Å². The average Bonchev–Trinajstić information content (AvgIpc) is 2.69.